The molecule has 0 fully saturated rings. The van der Waals surface area contributed by atoms with Crippen LogP contribution in [0.4, 0.5) is 0 Å². The molecule has 0 saturated heterocycles. The maximum atomic E-state index is 12.8. The van der Waals surface area contributed by atoms with Gasteiger partial charge in [0.15, 0.2) is 6.10 Å². The van der Waals surface area contributed by atoms with Crippen LogP contribution in [-0.2, 0) is 4.74 Å². The van der Waals surface area contributed by atoms with Gasteiger partial charge >= 0.3 is 5.97 Å². The second-order valence-electron chi connectivity index (χ2n) is 6.31. The Morgan fingerprint density at radius 2 is 1.71 bits per heavy atom. The molecule has 1 heterocycles. The summed E-state index contributed by atoms with van der Waals surface area (Å²) in [6, 6.07) is 13.8. The van der Waals surface area contributed by atoms with Crippen molar-refractivity contribution < 1.29 is 23.8 Å². The quantitative estimate of drug-likeness (QED) is 0.476. The number of hydrogen-bond donors (Lipinski definition) is 0. The van der Waals surface area contributed by atoms with Crippen molar-refractivity contribution in [2.24, 2.45) is 0 Å². The zero-order chi connectivity index (χ0) is 20.3. The summed E-state index contributed by atoms with van der Waals surface area (Å²) in [5.74, 6) is -0.00722. The molecule has 6 nitrogen and oxygen atoms in total. The van der Waals surface area contributed by atoms with Crippen LogP contribution in [0.15, 0.2) is 48.5 Å². The molecule has 0 bridgehead atoms. The first-order valence-electron chi connectivity index (χ1n) is 8.78. The highest BCUT2D eigenvalue weighted by molar-refractivity contribution is 6.06. The summed E-state index contributed by atoms with van der Waals surface area (Å²) in [4.78, 5) is 30.0. The third kappa shape index (κ3) is 3.81. The Hall–Kier alpha value is -3.41. The van der Waals surface area contributed by atoms with Gasteiger partial charge in [0, 0.05) is 17.1 Å². The van der Waals surface area contributed by atoms with E-state index in [1.807, 2.05) is 18.2 Å². The normalized spacial score (nSPS) is 11.7. The number of carbonyl (C=O) groups is 2. The lowest BCUT2D eigenvalue weighted by Crippen LogP contribution is -2.25. The van der Waals surface area contributed by atoms with Gasteiger partial charge in [0.2, 0.25) is 5.78 Å². The average molecular weight is 379 g/mol. The smallest absolute Gasteiger partial charge is 0.339 e. The number of hydrogen-bond acceptors (Lipinski definition) is 6. The maximum Gasteiger partial charge on any atom is 0.339 e. The number of aromatic nitrogens is 1. The van der Waals surface area contributed by atoms with Crippen molar-refractivity contribution in [3.63, 3.8) is 0 Å². The Labute approximate surface area is 163 Å². The van der Waals surface area contributed by atoms with Crippen molar-refractivity contribution in [3.05, 3.63) is 65.4 Å². The van der Waals surface area contributed by atoms with Crippen LogP contribution in [0.1, 0.15) is 33.3 Å². The standard InChI is InChI=1S/C22H21NO5/c1-13-11-18(16-7-5-6-8-19(16)23-13)22(25)28-14(2)21(24)17-10-9-15(26-3)12-20(17)27-4/h5-12,14H,1-4H3. The zero-order valence-electron chi connectivity index (χ0n) is 16.2. The number of benzene rings is 2. The predicted molar refractivity (Wildman–Crippen MR) is 105 cm³/mol. The van der Waals surface area contributed by atoms with E-state index in [4.69, 9.17) is 14.2 Å². The first kappa shape index (κ1) is 19.4. The number of carbonyl (C=O) groups excluding carboxylic acids is 2. The van der Waals surface area contributed by atoms with Gasteiger partial charge in [-0.05, 0) is 38.1 Å². The molecule has 6 heteroatoms. The van der Waals surface area contributed by atoms with Gasteiger partial charge in [-0.1, -0.05) is 18.2 Å². The second kappa shape index (κ2) is 8.08. The summed E-state index contributed by atoms with van der Waals surface area (Å²) in [5, 5.41) is 0.680. The number of nitrogens with zero attached hydrogens (tertiary/aromatic N) is 1. The Bertz CT molecular complexity index is 1040. The van der Waals surface area contributed by atoms with Crippen molar-refractivity contribution in [2.75, 3.05) is 14.2 Å². The lowest BCUT2D eigenvalue weighted by atomic mass is 10.0. The van der Waals surface area contributed by atoms with E-state index in [1.165, 1.54) is 14.2 Å². The van der Waals surface area contributed by atoms with Gasteiger partial charge < -0.3 is 14.2 Å². The fraction of sp³-hybridized carbons (Fsp3) is 0.227. The maximum absolute atomic E-state index is 12.8. The van der Waals surface area contributed by atoms with Crippen LogP contribution in [0.25, 0.3) is 10.9 Å². The summed E-state index contributed by atoms with van der Waals surface area (Å²) in [6.45, 7) is 3.35. The van der Waals surface area contributed by atoms with E-state index in [9.17, 15) is 9.59 Å². The van der Waals surface area contributed by atoms with E-state index in [0.29, 0.717) is 39.2 Å². The number of aryl methyl sites for hydroxylation is 1. The number of ketones is 1. The summed E-state index contributed by atoms with van der Waals surface area (Å²) in [7, 11) is 3.00. The average Bonchev–Trinajstić information content (AvgIpc) is 2.71. The zero-order valence-corrected chi connectivity index (χ0v) is 16.2. The van der Waals surface area contributed by atoms with Gasteiger partial charge in [0.1, 0.15) is 11.5 Å². The fourth-order valence-electron chi connectivity index (χ4n) is 2.98. The minimum atomic E-state index is -0.984. The van der Waals surface area contributed by atoms with Crippen LogP contribution in [0, 0.1) is 6.92 Å². The van der Waals surface area contributed by atoms with E-state index in [1.54, 1.807) is 44.2 Å². The molecule has 0 saturated carbocycles. The number of para-hydroxylation sites is 1. The van der Waals surface area contributed by atoms with Crippen LogP contribution in [0.2, 0.25) is 0 Å². The minimum Gasteiger partial charge on any atom is -0.497 e. The third-order valence-electron chi connectivity index (χ3n) is 4.39. The van der Waals surface area contributed by atoms with Gasteiger partial charge in [-0.2, -0.15) is 0 Å². The monoisotopic (exact) mass is 379 g/mol. The van der Waals surface area contributed by atoms with Crippen LogP contribution in [0.5, 0.6) is 11.5 Å². The second-order valence-corrected chi connectivity index (χ2v) is 6.31. The number of esters is 1. The summed E-state index contributed by atoms with van der Waals surface area (Å²) < 4.78 is 15.9. The van der Waals surface area contributed by atoms with E-state index in [0.717, 1.165) is 0 Å². The lowest BCUT2D eigenvalue weighted by molar-refractivity contribution is 0.0319. The molecule has 0 N–H and O–H groups in total. The van der Waals surface area contributed by atoms with E-state index >= 15 is 0 Å². The molecule has 0 amide bonds. The number of rotatable bonds is 6. The molecule has 3 rings (SSSR count). The molecule has 28 heavy (non-hydrogen) atoms. The molecule has 2 aromatic carbocycles. The van der Waals surface area contributed by atoms with Crippen molar-refractivity contribution >= 4 is 22.7 Å². The van der Waals surface area contributed by atoms with Crippen molar-refractivity contribution in [1.29, 1.82) is 0 Å². The van der Waals surface area contributed by atoms with Crippen molar-refractivity contribution in [3.8, 4) is 11.5 Å². The molecular weight excluding hydrogens is 358 g/mol. The Kier molecular flexibility index (Phi) is 5.59. The van der Waals surface area contributed by atoms with Gasteiger partial charge in [0.25, 0.3) is 0 Å². The molecule has 0 radical (unpaired) electrons. The van der Waals surface area contributed by atoms with E-state index in [-0.39, 0.29) is 5.78 Å². The summed E-state index contributed by atoms with van der Waals surface area (Å²) >= 11 is 0. The van der Waals surface area contributed by atoms with Crippen molar-refractivity contribution in [2.45, 2.75) is 20.0 Å². The van der Waals surface area contributed by atoms with E-state index < -0.39 is 12.1 Å². The molecule has 1 aromatic heterocycles. The van der Waals surface area contributed by atoms with Gasteiger partial charge in [-0.15, -0.1) is 0 Å². The molecular formula is C22H21NO5. The van der Waals surface area contributed by atoms with E-state index in [2.05, 4.69) is 4.98 Å². The van der Waals surface area contributed by atoms with Crippen molar-refractivity contribution in [1.82, 2.24) is 4.98 Å². The number of ether oxygens (including phenoxy) is 3. The summed E-state index contributed by atoms with van der Waals surface area (Å²) in [5.41, 5.74) is 2.09. The molecule has 0 aliphatic heterocycles. The first-order chi connectivity index (χ1) is 13.4. The Balaban J connectivity index is 1.86. The number of Topliss-reactive ketones (excluding diaryl/α,β-unsaturated/α-hetero) is 1. The predicted octanol–water partition coefficient (Wildman–Crippen LogP) is 3.99. The molecule has 1 atom stereocenters. The highest BCUT2D eigenvalue weighted by atomic mass is 16.5. The number of methoxy groups -OCH3 is 2. The highest BCUT2D eigenvalue weighted by Gasteiger charge is 2.24. The third-order valence-corrected chi connectivity index (χ3v) is 4.39. The SMILES string of the molecule is COc1ccc(C(=O)C(C)OC(=O)c2cc(C)nc3ccccc23)c(OC)c1. The topological polar surface area (TPSA) is 74.7 Å². The number of fused-ring (bicyclic) bond motifs is 1. The van der Waals surface area contributed by atoms with Crippen LogP contribution < -0.4 is 9.47 Å². The van der Waals surface area contributed by atoms with Gasteiger partial charge in [-0.3, -0.25) is 9.78 Å². The Morgan fingerprint density at radius 1 is 0.964 bits per heavy atom. The molecule has 0 aliphatic carbocycles. The number of pyridine rings is 1. The van der Waals surface area contributed by atoms with Crippen LogP contribution >= 0.6 is 0 Å². The fourth-order valence-corrected chi connectivity index (χ4v) is 2.98. The minimum absolute atomic E-state index is 0.319. The van der Waals surface area contributed by atoms with Crippen LogP contribution in [-0.4, -0.2) is 37.1 Å². The van der Waals surface area contributed by atoms with Crippen LogP contribution in [0.3, 0.4) is 0 Å². The molecule has 144 valence electrons. The van der Waals surface area contributed by atoms with Gasteiger partial charge in [0.05, 0.1) is 30.9 Å². The molecule has 1 unspecified atom stereocenters. The molecule has 3 aromatic rings. The molecule has 0 aliphatic rings. The Morgan fingerprint density at radius 3 is 2.43 bits per heavy atom. The summed E-state index contributed by atoms with van der Waals surface area (Å²) in [6.07, 6.45) is -0.984. The first-order valence-corrected chi connectivity index (χ1v) is 8.78. The lowest BCUT2D eigenvalue weighted by Gasteiger charge is -2.16. The van der Waals surface area contributed by atoms with Gasteiger partial charge in [-0.25, -0.2) is 4.79 Å². The largest absolute Gasteiger partial charge is 0.497 e. The molecule has 0 spiro atoms. The highest BCUT2D eigenvalue weighted by Crippen LogP contribution is 2.27.